The largest absolute Gasteiger partial charge is 0.372 e. The molecule has 0 aliphatic carbocycles. The van der Waals surface area contributed by atoms with E-state index in [9.17, 15) is 0 Å². The Bertz CT molecular complexity index is 168. The van der Waals surface area contributed by atoms with Crippen LogP contribution in [-0.2, 0) is 0 Å². The van der Waals surface area contributed by atoms with E-state index >= 15 is 0 Å². The Morgan fingerprint density at radius 2 is 1.73 bits per heavy atom. The van der Waals surface area contributed by atoms with E-state index in [4.69, 9.17) is 0 Å². The summed E-state index contributed by atoms with van der Waals surface area (Å²) in [5.74, 6) is 0.960. The van der Waals surface area contributed by atoms with Crippen molar-refractivity contribution in [3.05, 3.63) is 12.4 Å². The molecule has 90 valence electrons. The molecular formula is C13H28N2. The molecule has 0 atom stereocenters. The van der Waals surface area contributed by atoms with Crippen molar-refractivity contribution in [2.75, 3.05) is 13.1 Å². The fourth-order valence-electron chi connectivity index (χ4n) is 1.23. The fraction of sp³-hybridized carbons (Fsp3) is 0.846. The van der Waals surface area contributed by atoms with Crippen molar-refractivity contribution in [1.29, 1.82) is 0 Å². The molecule has 2 heteroatoms. The van der Waals surface area contributed by atoms with Crippen molar-refractivity contribution < 1.29 is 0 Å². The molecule has 2 N–H and O–H groups in total. The molecule has 0 fully saturated rings. The quantitative estimate of drug-likeness (QED) is 0.603. The Labute approximate surface area is 95.5 Å². The fourth-order valence-corrected chi connectivity index (χ4v) is 1.23. The average Bonchev–Trinajstić information content (AvgIpc) is 2.13. The van der Waals surface area contributed by atoms with Crippen LogP contribution in [0.5, 0.6) is 0 Å². The second kappa shape index (κ2) is 7.61. The summed E-state index contributed by atoms with van der Waals surface area (Å²) in [6.07, 6.45) is 5.19. The smallest absolute Gasteiger partial charge is 0.0912 e. The van der Waals surface area contributed by atoms with Crippen LogP contribution >= 0.6 is 0 Å². The summed E-state index contributed by atoms with van der Waals surface area (Å²) in [6, 6.07) is 0. The normalized spacial score (nSPS) is 11.2. The van der Waals surface area contributed by atoms with Gasteiger partial charge in [-0.15, -0.1) is 0 Å². The molecule has 0 aromatic rings. The van der Waals surface area contributed by atoms with E-state index < -0.39 is 0 Å². The lowest BCUT2D eigenvalue weighted by Gasteiger charge is -2.21. The maximum atomic E-state index is 3.95. The van der Waals surface area contributed by atoms with E-state index in [1.807, 2.05) is 0 Å². The van der Waals surface area contributed by atoms with Crippen LogP contribution in [-0.4, -0.2) is 13.1 Å². The van der Waals surface area contributed by atoms with Crippen LogP contribution in [0.15, 0.2) is 12.4 Å². The summed E-state index contributed by atoms with van der Waals surface area (Å²) >= 11 is 0. The molecule has 0 radical (unpaired) electrons. The summed E-state index contributed by atoms with van der Waals surface area (Å²) in [4.78, 5) is 0. The predicted octanol–water partition coefficient (Wildman–Crippen LogP) is 3.26. The average molecular weight is 212 g/mol. The van der Waals surface area contributed by atoms with Crippen molar-refractivity contribution in [2.24, 2.45) is 5.41 Å². The molecule has 0 rings (SSSR count). The van der Waals surface area contributed by atoms with Crippen molar-refractivity contribution in [3.8, 4) is 0 Å². The van der Waals surface area contributed by atoms with E-state index in [0.29, 0.717) is 5.41 Å². The van der Waals surface area contributed by atoms with Gasteiger partial charge in [-0.1, -0.05) is 53.5 Å². The second-order valence-corrected chi connectivity index (χ2v) is 5.38. The van der Waals surface area contributed by atoms with Gasteiger partial charge in [0.2, 0.25) is 0 Å². The Morgan fingerprint density at radius 1 is 1.07 bits per heavy atom. The van der Waals surface area contributed by atoms with Gasteiger partial charge >= 0.3 is 0 Å². The maximum Gasteiger partial charge on any atom is 0.0912 e. The van der Waals surface area contributed by atoms with Crippen molar-refractivity contribution in [2.45, 2.75) is 53.4 Å². The van der Waals surface area contributed by atoms with Crippen LogP contribution in [0.1, 0.15) is 53.4 Å². The van der Waals surface area contributed by atoms with Gasteiger partial charge in [0.15, 0.2) is 0 Å². The Kier molecular flexibility index (Phi) is 7.27. The third-order valence-corrected chi connectivity index (χ3v) is 2.20. The van der Waals surface area contributed by atoms with Crippen LogP contribution in [0.3, 0.4) is 0 Å². The Hall–Kier alpha value is -0.660. The summed E-state index contributed by atoms with van der Waals surface area (Å²) in [5.41, 5.74) is 0.312. The molecule has 0 unspecified atom stereocenters. The van der Waals surface area contributed by atoms with Crippen molar-refractivity contribution >= 4 is 0 Å². The lowest BCUT2D eigenvalue weighted by Crippen LogP contribution is -2.32. The second-order valence-electron chi connectivity index (χ2n) is 5.38. The van der Waals surface area contributed by atoms with Crippen LogP contribution in [0, 0.1) is 5.41 Å². The molecule has 0 heterocycles. The number of unbranched alkanes of at least 4 members (excludes halogenated alkanes) is 3. The highest BCUT2D eigenvalue weighted by Crippen LogP contribution is 2.10. The predicted molar refractivity (Wildman–Crippen MR) is 68.7 cm³/mol. The van der Waals surface area contributed by atoms with Crippen molar-refractivity contribution in [1.82, 2.24) is 10.6 Å². The van der Waals surface area contributed by atoms with Gasteiger partial charge in [-0.3, -0.25) is 0 Å². The van der Waals surface area contributed by atoms with E-state index in [-0.39, 0.29) is 0 Å². The minimum absolute atomic E-state index is 0.312. The van der Waals surface area contributed by atoms with Crippen molar-refractivity contribution in [3.63, 3.8) is 0 Å². The topological polar surface area (TPSA) is 24.1 Å². The number of rotatable bonds is 8. The molecular weight excluding hydrogens is 184 g/mol. The number of hydrogen-bond acceptors (Lipinski definition) is 2. The van der Waals surface area contributed by atoms with Gasteiger partial charge in [-0.2, -0.15) is 0 Å². The third-order valence-electron chi connectivity index (χ3n) is 2.20. The van der Waals surface area contributed by atoms with Crippen LogP contribution in [0.25, 0.3) is 0 Å². The first kappa shape index (κ1) is 14.3. The summed E-state index contributed by atoms with van der Waals surface area (Å²) in [6.45, 7) is 14.8. The minimum Gasteiger partial charge on any atom is -0.372 e. The van der Waals surface area contributed by atoms with Crippen LogP contribution in [0.2, 0.25) is 0 Å². The summed E-state index contributed by atoms with van der Waals surface area (Å²) < 4.78 is 0. The Balaban J connectivity index is 3.34. The minimum atomic E-state index is 0.312. The third kappa shape index (κ3) is 11.3. The van der Waals surface area contributed by atoms with E-state index in [1.54, 1.807) is 0 Å². The first-order valence-corrected chi connectivity index (χ1v) is 6.12. The molecule has 0 saturated heterocycles. The highest BCUT2D eigenvalue weighted by atomic mass is 15.1. The molecule has 0 aromatic heterocycles. The molecule has 0 spiro atoms. The van der Waals surface area contributed by atoms with Gasteiger partial charge in [-0.05, 0) is 11.8 Å². The van der Waals surface area contributed by atoms with Gasteiger partial charge in [0.1, 0.15) is 0 Å². The monoisotopic (exact) mass is 212 g/mol. The van der Waals surface area contributed by atoms with Gasteiger partial charge in [-0.25, -0.2) is 0 Å². The molecule has 2 nitrogen and oxygen atoms in total. The zero-order valence-corrected chi connectivity index (χ0v) is 10.9. The first-order valence-electron chi connectivity index (χ1n) is 6.12. The molecule has 0 aromatic carbocycles. The number of nitrogens with one attached hydrogen (secondary N) is 2. The Morgan fingerprint density at radius 3 is 2.27 bits per heavy atom. The SMILES string of the molecule is C=C(NCCCCCC)NCC(C)(C)C. The molecule has 0 aliphatic rings. The molecule has 0 bridgehead atoms. The summed E-state index contributed by atoms with van der Waals surface area (Å²) in [7, 11) is 0. The van der Waals surface area contributed by atoms with E-state index in [2.05, 4.69) is 44.9 Å². The molecule has 0 aliphatic heterocycles. The van der Waals surface area contributed by atoms with Crippen LogP contribution in [0.4, 0.5) is 0 Å². The molecule has 15 heavy (non-hydrogen) atoms. The van der Waals surface area contributed by atoms with E-state index in [0.717, 1.165) is 18.9 Å². The zero-order valence-electron chi connectivity index (χ0n) is 10.9. The standard InChI is InChI=1S/C13H28N2/c1-6-7-8-9-10-14-12(2)15-11-13(3,4)5/h14-15H,2,6-11H2,1,3-5H3. The molecule has 0 saturated carbocycles. The molecule has 0 amide bonds. The zero-order chi connectivity index (χ0) is 11.7. The van der Waals surface area contributed by atoms with E-state index in [1.165, 1.54) is 25.7 Å². The lowest BCUT2D eigenvalue weighted by atomic mass is 9.97. The lowest BCUT2D eigenvalue weighted by molar-refractivity contribution is 0.391. The maximum absolute atomic E-state index is 3.95. The van der Waals surface area contributed by atoms with Gasteiger partial charge in [0, 0.05) is 13.1 Å². The highest BCUT2D eigenvalue weighted by Gasteiger charge is 2.09. The van der Waals surface area contributed by atoms with Gasteiger partial charge in [0.05, 0.1) is 5.82 Å². The van der Waals surface area contributed by atoms with Gasteiger partial charge in [0.25, 0.3) is 0 Å². The summed E-state index contributed by atoms with van der Waals surface area (Å²) in [5, 5.41) is 6.62. The number of hydrogen-bond donors (Lipinski definition) is 2. The van der Waals surface area contributed by atoms with Gasteiger partial charge < -0.3 is 10.6 Å². The first-order chi connectivity index (χ1) is 6.95. The highest BCUT2D eigenvalue weighted by molar-refractivity contribution is 4.89. The van der Waals surface area contributed by atoms with Crippen LogP contribution < -0.4 is 10.6 Å².